The fraction of sp³-hybridized carbons (Fsp3) is 0.308. The average Bonchev–Trinajstić information content (AvgIpc) is 3.48. The predicted octanol–water partition coefficient (Wildman–Crippen LogP) is 4.02. The van der Waals surface area contributed by atoms with Gasteiger partial charge in [0, 0.05) is 37.0 Å². The fourth-order valence-electron chi connectivity index (χ4n) is 4.52. The molecule has 172 valence electrons. The van der Waals surface area contributed by atoms with Crippen LogP contribution in [0.4, 0.5) is 5.69 Å². The molecule has 2 aliphatic heterocycles. The van der Waals surface area contributed by atoms with Crippen LogP contribution in [0.3, 0.4) is 0 Å². The van der Waals surface area contributed by atoms with Gasteiger partial charge in [0.15, 0.2) is 0 Å². The number of likely N-dealkylation sites (tertiary alicyclic amines) is 1. The Hall–Kier alpha value is -3.70. The molecular formula is C26H24N4O3S. The number of amides is 2. The summed E-state index contributed by atoms with van der Waals surface area (Å²) in [7, 11) is 0. The number of thiazole rings is 1. The SMILES string of the molecule is Cc1nc(CCN2C(=O)[C@@H](Oc3ccc(N4CCCC4=O)cc3)[C@H]2c2ccc(C#N)cc2)cs1. The molecule has 0 N–H and O–H groups in total. The molecule has 1 aromatic heterocycles. The van der Waals surface area contributed by atoms with Gasteiger partial charge in [-0.3, -0.25) is 9.59 Å². The minimum atomic E-state index is -0.649. The largest absolute Gasteiger partial charge is 0.478 e. The standard InChI is InChI=1S/C26H24N4O3S/c1-17-28-20(16-34-17)12-14-30-24(19-6-4-18(15-27)5-7-19)25(26(30)32)33-22-10-8-21(9-11-22)29-13-2-3-23(29)31/h4-11,16,24-25H,2-3,12-14H2,1H3/t24-,25+/m1/s1. The lowest BCUT2D eigenvalue weighted by molar-refractivity contribution is -0.164. The second kappa shape index (κ2) is 9.27. The fourth-order valence-corrected chi connectivity index (χ4v) is 5.17. The minimum absolute atomic E-state index is 0.0693. The number of benzene rings is 2. The van der Waals surface area contributed by atoms with E-state index in [1.165, 1.54) is 0 Å². The summed E-state index contributed by atoms with van der Waals surface area (Å²) in [4.78, 5) is 33.2. The van der Waals surface area contributed by atoms with Gasteiger partial charge < -0.3 is 14.5 Å². The van der Waals surface area contributed by atoms with Crippen molar-refractivity contribution in [3.63, 3.8) is 0 Å². The number of hydrogen-bond donors (Lipinski definition) is 0. The van der Waals surface area contributed by atoms with E-state index < -0.39 is 6.10 Å². The van der Waals surface area contributed by atoms with Crippen molar-refractivity contribution in [2.75, 3.05) is 18.0 Å². The lowest BCUT2D eigenvalue weighted by atomic mass is 9.89. The highest BCUT2D eigenvalue weighted by atomic mass is 32.1. The second-order valence-corrected chi connectivity index (χ2v) is 9.56. The van der Waals surface area contributed by atoms with E-state index in [-0.39, 0.29) is 17.9 Å². The van der Waals surface area contributed by atoms with Crippen molar-refractivity contribution in [2.24, 2.45) is 0 Å². The van der Waals surface area contributed by atoms with E-state index >= 15 is 0 Å². The molecule has 3 heterocycles. The highest BCUT2D eigenvalue weighted by Crippen LogP contribution is 2.38. The zero-order valence-corrected chi connectivity index (χ0v) is 19.6. The Kier molecular flexibility index (Phi) is 6.03. The smallest absolute Gasteiger partial charge is 0.266 e. The van der Waals surface area contributed by atoms with Crippen LogP contribution in [0.15, 0.2) is 53.9 Å². The Morgan fingerprint density at radius 1 is 1.15 bits per heavy atom. The lowest BCUT2D eigenvalue weighted by Gasteiger charge is -2.46. The van der Waals surface area contributed by atoms with Gasteiger partial charge in [-0.25, -0.2) is 4.98 Å². The molecule has 34 heavy (non-hydrogen) atoms. The van der Waals surface area contributed by atoms with Crippen LogP contribution in [0.2, 0.25) is 0 Å². The summed E-state index contributed by atoms with van der Waals surface area (Å²) in [6.07, 6.45) is 1.48. The number of anilines is 1. The van der Waals surface area contributed by atoms with Gasteiger partial charge in [-0.1, -0.05) is 12.1 Å². The number of ether oxygens (including phenoxy) is 1. The molecule has 8 heteroatoms. The maximum Gasteiger partial charge on any atom is 0.266 e. The number of aromatic nitrogens is 1. The van der Waals surface area contributed by atoms with Crippen LogP contribution in [-0.4, -0.2) is 40.9 Å². The highest BCUT2D eigenvalue weighted by Gasteiger charge is 2.49. The number of aryl methyl sites for hydroxylation is 1. The molecule has 0 saturated carbocycles. The minimum Gasteiger partial charge on any atom is -0.478 e. The maximum absolute atomic E-state index is 13.1. The van der Waals surface area contributed by atoms with E-state index in [1.54, 1.807) is 28.4 Å². The summed E-state index contributed by atoms with van der Waals surface area (Å²) in [6, 6.07) is 16.5. The number of carbonyl (C=O) groups excluding carboxylic acids is 2. The molecule has 2 amide bonds. The molecule has 0 unspecified atom stereocenters. The van der Waals surface area contributed by atoms with Crippen LogP contribution in [-0.2, 0) is 16.0 Å². The third-order valence-corrected chi connectivity index (χ3v) is 7.11. The molecule has 2 atom stereocenters. The number of β-lactam (4-membered cyclic amide) rings is 1. The Morgan fingerprint density at radius 2 is 1.91 bits per heavy atom. The van der Waals surface area contributed by atoms with Crippen LogP contribution >= 0.6 is 11.3 Å². The summed E-state index contributed by atoms with van der Waals surface area (Å²) in [5, 5.41) is 12.2. The molecule has 7 nitrogen and oxygen atoms in total. The first kappa shape index (κ1) is 22.1. The normalized spacial score (nSPS) is 19.8. The van der Waals surface area contributed by atoms with Gasteiger partial charge in [-0.2, -0.15) is 5.26 Å². The van der Waals surface area contributed by atoms with E-state index in [2.05, 4.69) is 11.1 Å². The summed E-state index contributed by atoms with van der Waals surface area (Å²) >= 11 is 1.60. The van der Waals surface area contributed by atoms with Crippen LogP contribution in [0.1, 0.15) is 40.7 Å². The second-order valence-electron chi connectivity index (χ2n) is 8.50. The van der Waals surface area contributed by atoms with Gasteiger partial charge >= 0.3 is 0 Å². The molecule has 2 aromatic carbocycles. The summed E-state index contributed by atoms with van der Waals surface area (Å²) in [5.74, 6) is 0.650. The third kappa shape index (κ3) is 4.27. The van der Waals surface area contributed by atoms with E-state index in [4.69, 9.17) is 10.00 Å². The van der Waals surface area contributed by atoms with Crippen LogP contribution in [0, 0.1) is 18.3 Å². The molecular weight excluding hydrogens is 448 g/mol. The van der Waals surface area contributed by atoms with Gasteiger partial charge in [-0.15, -0.1) is 11.3 Å². The first-order valence-corrected chi connectivity index (χ1v) is 12.2. The molecule has 0 bridgehead atoms. The molecule has 0 aliphatic carbocycles. The Labute approximate surface area is 202 Å². The lowest BCUT2D eigenvalue weighted by Crippen LogP contribution is -2.61. The highest BCUT2D eigenvalue weighted by molar-refractivity contribution is 7.09. The summed E-state index contributed by atoms with van der Waals surface area (Å²) in [5.41, 5.74) is 3.32. The average molecular weight is 473 g/mol. The first-order valence-electron chi connectivity index (χ1n) is 11.3. The van der Waals surface area contributed by atoms with Crippen molar-refractivity contribution in [2.45, 2.75) is 38.3 Å². The zero-order valence-electron chi connectivity index (χ0n) is 18.8. The quantitative estimate of drug-likeness (QED) is 0.485. The van der Waals surface area contributed by atoms with E-state index in [0.29, 0.717) is 30.7 Å². The molecule has 2 saturated heterocycles. The molecule has 3 aromatic rings. The van der Waals surface area contributed by atoms with E-state index in [0.717, 1.165) is 34.9 Å². The monoisotopic (exact) mass is 472 g/mol. The van der Waals surface area contributed by atoms with Crippen molar-refractivity contribution in [1.29, 1.82) is 5.26 Å². The third-order valence-electron chi connectivity index (χ3n) is 6.29. The van der Waals surface area contributed by atoms with E-state index in [9.17, 15) is 9.59 Å². The van der Waals surface area contributed by atoms with Crippen LogP contribution in [0.5, 0.6) is 5.75 Å². The molecule has 2 fully saturated rings. The Bertz CT molecular complexity index is 1250. The predicted molar refractivity (Wildman–Crippen MR) is 129 cm³/mol. The van der Waals surface area contributed by atoms with Crippen LogP contribution < -0.4 is 9.64 Å². The summed E-state index contributed by atoms with van der Waals surface area (Å²) < 4.78 is 6.14. The Morgan fingerprint density at radius 3 is 2.53 bits per heavy atom. The van der Waals surface area contributed by atoms with Gasteiger partial charge in [0.05, 0.1) is 22.3 Å². The summed E-state index contributed by atoms with van der Waals surface area (Å²) in [6.45, 7) is 3.24. The maximum atomic E-state index is 13.1. The number of nitrogens with zero attached hydrogens (tertiary/aromatic N) is 4. The van der Waals surface area contributed by atoms with Gasteiger partial charge in [0.2, 0.25) is 12.0 Å². The number of nitriles is 1. The molecule has 0 radical (unpaired) electrons. The number of rotatable bonds is 7. The first-order chi connectivity index (χ1) is 16.5. The van der Waals surface area contributed by atoms with Crippen LogP contribution in [0.25, 0.3) is 0 Å². The van der Waals surface area contributed by atoms with Gasteiger partial charge in [-0.05, 0) is 55.3 Å². The number of carbonyl (C=O) groups is 2. The van der Waals surface area contributed by atoms with E-state index in [1.807, 2.05) is 53.6 Å². The molecule has 5 rings (SSSR count). The van der Waals surface area contributed by atoms with Crippen molar-refractivity contribution in [1.82, 2.24) is 9.88 Å². The molecule has 0 spiro atoms. The van der Waals surface area contributed by atoms with Crippen molar-refractivity contribution in [3.8, 4) is 11.8 Å². The van der Waals surface area contributed by atoms with Gasteiger partial charge in [0.1, 0.15) is 11.8 Å². The van der Waals surface area contributed by atoms with Crippen molar-refractivity contribution in [3.05, 3.63) is 75.7 Å². The molecule has 2 aliphatic rings. The van der Waals surface area contributed by atoms with Crippen molar-refractivity contribution < 1.29 is 14.3 Å². The zero-order chi connectivity index (χ0) is 23.7. The van der Waals surface area contributed by atoms with Crippen molar-refractivity contribution >= 4 is 28.8 Å². The topological polar surface area (TPSA) is 86.5 Å². The number of hydrogen-bond acceptors (Lipinski definition) is 6. The van der Waals surface area contributed by atoms with Gasteiger partial charge in [0.25, 0.3) is 5.91 Å². The Balaban J connectivity index is 1.33.